The molecule has 5 nitrogen and oxygen atoms in total. The molecule has 0 spiro atoms. The number of nitrogen functional groups attached to an aromatic ring is 1. The minimum absolute atomic E-state index is 0.0433. The molecule has 0 aliphatic rings. The first-order chi connectivity index (χ1) is 7.46. The van der Waals surface area contributed by atoms with Crippen molar-refractivity contribution in [3.63, 3.8) is 0 Å². The van der Waals surface area contributed by atoms with E-state index in [0.29, 0.717) is 19.0 Å². The third-order valence-electron chi connectivity index (χ3n) is 2.27. The van der Waals surface area contributed by atoms with Crippen molar-refractivity contribution in [3.05, 3.63) is 5.69 Å². The highest BCUT2D eigenvalue weighted by Crippen LogP contribution is 2.25. The summed E-state index contributed by atoms with van der Waals surface area (Å²) >= 11 is 0. The Morgan fingerprint density at radius 1 is 1.31 bits per heavy atom. The summed E-state index contributed by atoms with van der Waals surface area (Å²) in [4.78, 5) is 0. The third kappa shape index (κ3) is 3.20. The van der Waals surface area contributed by atoms with Gasteiger partial charge in [-0.3, -0.25) is 0 Å². The fourth-order valence-electron chi connectivity index (χ4n) is 1.65. The van der Waals surface area contributed by atoms with E-state index in [2.05, 4.69) is 38.0 Å². The van der Waals surface area contributed by atoms with Gasteiger partial charge in [0.05, 0.1) is 18.8 Å². The van der Waals surface area contributed by atoms with Crippen LogP contribution in [0.3, 0.4) is 0 Å². The number of ether oxygens (including phenoxy) is 1. The van der Waals surface area contributed by atoms with E-state index in [1.165, 1.54) is 0 Å². The van der Waals surface area contributed by atoms with Crippen molar-refractivity contribution in [2.75, 3.05) is 18.9 Å². The van der Waals surface area contributed by atoms with Crippen LogP contribution in [0.2, 0.25) is 0 Å². The molecule has 16 heavy (non-hydrogen) atoms. The van der Waals surface area contributed by atoms with Gasteiger partial charge in [0.1, 0.15) is 0 Å². The first kappa shape index (κ1) is 13.0. The summed E-state index contributed by atoms with van der Waals surface area (Å²) in [5.41, 5.74) is 6.76. The van der Waals surface area contributed by atoms with Crippen molar-refractivity contribution in [2.45, 2.75) is 46.1 Å². The van der Waals surface area contributed by atoms with E-state index in [4.69, 9.17) is 10.5 Å². The molecule has 0 fully saturated rings. The molecule has 0 amide bonds. The Hall–Kier alpha value is -1.10. The monoisotopic (exact) mass is 226 g/mol. The molecule has 0 aliphatic heterocycles. The Bertz CT molecular complexity index is 327. The molecule has 2 N–H and O–H groups in total. The molecule has 1 aromatic heterocycles. The van der Waals surface area contributed by atoms with Crippen molar-refractivity contribution in [1.82, 2.24) is 15.0 Å². The van der Waals surface area contributed by atoms with E-state index in [1.54, 1.807) is 0 Å². The molecular formula is C11H22N4O. The van der Waals surface area contributed by atoms with Crippen LogP contribution in [-0.4, -0.2) is 28.2 Å². The smallest absolute Gasteiger partial charge is 0.169 e. The molecule has 0 aromatic carbocycles. The van der Waals surface area contributed by atoms with Gasteiger partial charge in [-0.15, -0.1) is 5.10 Å². The van der Waals surface area contributed by atoms with Crippen molar-refractivity contribution in [1.29, 1.82) is 0 Å². The summed E-state index contributed by atoms with van der Waals surface area (Å²) in [6.45, 7) is 10.5. The zero-order valence-corrected chi connectivity index (χ0v) is 10.7. The third-order valence-corrected chi connectivity index (χ3v) is 2.27. The molecule has 0 radical (unpaired) electrons. The van der Waals surface area contributed by atoms with Crippen molar-refractivity contribution < 1.29 is 4.74 Å². The average Bonchev–Trinajstić information content (AvgIpc) is 2.54. The van der Waals surface area contributed by atoms with Crippen molar-refractivity contribution in [2.24, 2.45) is 0 Å². The Balaban J connectivity index is 2.66. The lowest BCUT2D eigenvalue weighted by molar-refractivity contribution is 0.122. The summed E-state index contributed by atoms with van der Waals surface area (Å²) in [6.07, 6.45) is 1.03. The largest absolute Gasteiger partial charge is 0.381 e. The van der Waals surface area contributed by atoms with E-state index in [1.807, 2.05) is 4.68 Å². The van der Waals surface area contributed by atoms with Crippen LogP contribution < -0.4 is 5.73 Å². The number of nitrogens with zero attached hydrogens (tertiary/aromatic N) is 3. The van der Waals surface area contributed by atoms with E-state index in [9.17, 15) is 0 Å². The van der Waals surface area contributed by atoms with Gasteiger partial charge in [-0.2, -0.15) is 0 Å². The zero-order valence-electron chi connectivity index (χ0n) is 10.7. The molecule has 1 heterocycles. The Labute approximate surface area is 97.0 Å². The van der Waals surface area contributed by atoms with Crippen molar-refractivity contribution in [3.8, 4) is 0 Å². The minimum atomic E-state index is -0.0433. The second kappa shape index (κ2) is 5.30. The maximum atomic E-state index is 5.82. The number of hydrogen-bond acceptors (Lipinski definition) is 4. The minimum Gasteiger partial charge on any atom is -0.381 e. The van der Waals surface area contributed by atoms with Gasteiger partial charge in [-0.1, -0.05) is 32.9 Å². The number of rotatable bonds is 5. The van der Waals surface area contributed by atoms with Crippen LogP contribution in [0, 0.1) is 0 Å². The number of aromatic nitrogens is 3. The van der Waals surface area contributed by atoms with Crippen LogP contribution >= 0.6 is 0 Å². The molecule has 0 aliphatic carbocycles. The van der Waals surface area contributed by atoms with Crippen LogP contribution in [0.5, 0.6) is 0 Å². The van der Waals surface area contributed by atoms with Gasteiger partial charge in [0.25, 0.3) is 0 Å². The maximum Gasteiger partial charge on any atom is 0.169 e. The van der Waals surface area contributed by atoms with Crippen LogP contribution in [0.25, 0.3) is 0 Å². The highest BCUT2D eigenvalue weighted by atomic mass is 16.5. The molecule has 1 aromatic rings. The second-order valence-corrected chi connectivity index (χ2v) is 4.91. The lowest BCUT2D eigenvalue weighted by atomic mass is 9.92. The second-order valence-electron chi connectivity index (χ2n) is 4.91. The fraction of sp³-hybridized carbons (Fsp3) is 0.818. The first-order valence-corrected chi connectivity index (χ1v) is 5.74. The highest BCUT2D eigenvalue weighted by molar-refractivity contribution is 5.37. The Morgan fingerprint density at radius 2 is 2.00 bits per heavy atom. The van der Waals surface area contributed by atoms with Gasteiger partial charge in [0.15, 0.2) is 5.82 Å². The van der Waals surface area contributed by atoms with Gasteiger partial charge < -0.3 is 10.5 Å². The van der Waals surface area contributed by atoms with E-state index < -0.39 is 0 Å². The van der Waals surface area contributed by atoms with Gasteiger partial charge in [-0.05, 0) is 6.42 Å². The van der Waals surface area contributed by atoms with Gasteiger partial charge in [0.2, 0.25) is 0 Å². The standard InChI is InChI=1S/C11H22N4O/c1-5-7-16-8-6-15-9(11(2,3)4)10(12)13-14-15/h5-8,12H2,1-4H3. The average molecular weight is 226 g/mol. The lowest BCUT2D eigenvalue weighted by Crippen LogP contribution is -2.21. The van der Waals surface area contributed by atoms with E-state index in [-0.39, 0.29) is 5.41 Å². The maximum absolute atomic E-state index is 5.82. The molecular weight excluding hydrogens is 204 g/mol. The molecule has 0 saturated heterocycles. The molecule has 92 valence electrons. The Morgan fingerprint density at radius 3 is 2.56 bits per heavy atom. The molecule has 5 heteroatoms. The quantitative estimate of drug-likeness (QED) is 0.774. The van der Waals surface area contributed by atoms with Gasteiger partial charge in [0, 0.05) is 12.0 Å². The molecule has 0 unspecified atom stereocenters. The van der Waals surface area contributed by atoms with Crippen LogP contribution in [0.1, 0.15) is 39.8 Å². The van der Waals surface area contributed by atoms with E-state index in [0.717, 1.165) is 18.7 Å². The summed E-state index contributed by atoms with van der Waals surface area (Å²) in [6, 6.07) is 0. The van der Waals surface area contributed by atoms with Crippen LogP contribution in [0.4, 0.5) is 5.82 Å². The van der Waals surface area contributed by atoms with Gasteiger partial charge in [-0.25, -0.2) is 4.68 Å². The molecule has 0 bridgehead atoms. The predicted octanol–water partition coefficient (Wildman–Crippen LogP) is 1.58. The zero-order chi connectivity index (χ0) is 12.2. The van der Waals surface area contributed by atoms with Crippen molar-refractivity contribution >= 4 is 5.82 Å². The highest BCUT2D eigenvalue weighted by Gasteiger charge is 2.23. The molecule has 0 saturated carbocycles. The normalized spacial score (nSPS) is 12.0. The van der Waals surface area contributed by atoms with E-state index >= 15 is 0 Å². The summed E-state index contributed by atoms with van der Waals surface area (Å²) in [5, 5.41) is 7.96. The fourth-order valence-corrected chi connectivity index (χ4v) is 1.65. The number of nitrogens with two attached hydrogens (primary N) is 1. The molecule has 1 rings (SSSR count). The number of hydrogen-bond donors (Lipinski definition) is 1. The first-order valence-electron chi connectivity index (χ1n) is 5.74. The Kier molecular flexibility index (Phi) is 4.29. The summed E-state index contributed by atoms with van der Waals surface area (Å²) < 4.78 is 7.27. The lowest BCUT2D eigenvalue weighted by Gasteiger charge is -2.20. The van der Waals surface area contributed by atoms with Gasteiger partial charge >= 0.3 is 0 Å². The number of anilines is 1. The summed E-state index contributed by atoms with van der Waals surface area (Å²) in [7, 11) is 0. The summed E-state index contributed by atoms with van der Waals surface area (Å²) in [5.74, 6) is 0.517. The van der Waals surface area contributed by atoms with Crippen LogP contribution in [0.15, 0.2) is 0 Å². The topological polar surface area (TPSA) is 66.0 Å². The predicted molar refractivity (Wildman–Crippen MR) is 64.2 cm³/mol. The molecule has 0 atom stereocenters. The van der Waals surface area contributed by atoms with Crippen LogP contribution in [-0.2, 0) is 16.7 Å². The SMILES string of the molecule is CCCOCCn1nnc(N)c1C(C)(C)C.